The molecule has 1 N–H and O–H groups in total. The fourth-order valence-corrected chi connectivity index (χ4v) is 5.08. The fourth-order valence-electron chi connectivity index (χ4n) is 3.34. The topological polar surface area (TPSA) is 85.6 Å². The minimum atomic E-state index is -0.308. The summed E-state index contributed by atoms with van der Waals surface area (Å²) in [7, 11) is 0. The van der Waals surface area contributed by atoms with E-state index < -0.39 is 0 Å². The van der Waals surface area contributed by atoms with E-state index in [0.29, 0.717) is 29.0 Å². The van der Waals surface area contributed by atoms with Gasteiger partial charge in [0.1, 0.15) is 16.5 Å². The van der Waals surface area contributed by atoms with Crippen molar-refractivity contribution >= 4 is 29.0 Å². The number of hydrogen-bond acceptors (Lipinski definition) is 7. The van der Waals surface area contributed by atoms with Crippen LogP contribution in [0.1, 0.15) is 21.1 Å². The van der Waals surface area contributed by atoms with E-state index in [4.69, 9.17) is 0 Å². The van der Waals surface area contributed by atoms with Gasteiger partial charge in [-0.2, -0.15) is 0 Å². The molecule has 0 bridgehead atoms. The Hall–Kier alpha value is -3.89. The Morgan fingerprint density at radius 3 is 2.63 bits per heavy atom. The Labute approximate surface area is 209 Å². The molecule has 10 heteroatoms. The van der Waals surface area contributed by atoms with Gasteiger partial charge in [0.25, 0.3) is 5.91 Å². The quantitative estimate of drug-likeness (QED) is 0.296. The van der Waals surface area contributed by atoms with Crippen molar-refractivity contribution in [3.63, 3.8) is 0 Å². The van der Waals surface area contributed by atoms with Gasteiger partial charge in [-0.3, -0.25) is 14.3 Å². The van der Waals surface area contributed by atoms with Crippen LogP contribution in [0.4, 0.5) is 4.39 Å². The monoisotopic (exact) mass is 502 g/mol. The second kappa shape index (κ2) is 10.6. The molecule has 3 aromatic heterocycles. The highest BCUT2D eigenvalue weighted by atomic mass is 32.2. The average Bonchev–Trinajstić information content (AvgIpc) is 3.55. The molecule has 0 saturated carbocycles. The van der Waals surface area contributed by atoms with E-state index in [1.54, 1.807) is 29.9 Å². The number of benzene rings is 2. The van der Waals surface area contributed by atoms with Crippen LogP contribution in [0.25, 0.3) is 17.1 Å². The van der Waals surface area contributed by atoms with Crippen LogP contribution < -0.4 is 5.32 Å². The molecule has 2 aromatic carbocycles. The second-order valence-electron chi connectivity index (χ2n) is 7.44. The Morgan fingerprint density at radius 2 is 1.86 bits per heavy atom. The van der Waals surface area contributed by atoms with E-state index in [9.17, 15) is 9.18 Å². The van der Waals surface area contributed by atoms with Gasteiger partial charge in [0.2, 0.25) is 0 Å². The van der Waals surface area contributed by atoms with Crippen molar-refractivity contribution in [2.45, 2.75) is 17.5 Å². The molecule has 7 nitrogen and oxygen atoms in total. The van der Waals surface area contributed by atoms with E-state index in [1.807, 2.05) is 47.0 Å². The van der Waals surface area contributed by atoms with Crippen LogP contribution in [0.5, 0.6) is 0 Å². The number of carbonyl (C=O) groups is 1. The standard InChI is InChI=1S/C25H19FN6OS2/c26-19-10-8-17(9-11-19)13-28-24(33)21-15-34-22(29-21)16-35-25-31-30-23(18-5-4-12-27-14-18)32(25)20-6-2-1-3-7-20/h1-12,14-15H,13,16H2,(H,28,33). The maximum absolute atomic E-state index is 13.0. The zero-order chi connectivity index (χ0) is 24.0. The number of rotatable bonds is 8. The molecule has 0 fully saturated rings. The van der Waals surface area contributed by atoms with Gasteiger partial charge in [0, 0.05) is 35.6 Å². The Bertz CT molecular complexity index is 1420. The molecule has 0 radical (unpaired) electrons. The van der Waals surface area contributed by atoms with Crippen molar-refractivity contribution in [2.24, 2.45) is 0 Å². The highest BCUT2D eigenvalue weighted by Crippen LogP contribution is 2.30. The van der Waals surface area contributed by atoms with E-state index in [1.165, 1.54) is 35.2 Å². The lowest BCUT2D eigenvalue weighted by Gasteiger charge is -2.09. The Kier molecular flexibility index (Phi) is 6.92. The molecular formula is C25H19FN6OS2. The predicted molar refractivity (Wildman–Crippen MR) is 134 cm³/mol. The zero-order valence-electron chi connectivity index (χ0n) is 18.3. The van der Waals surface area contributed by atoms with Crippen molar-refractivity contribution in [1.29, 1.82) is 0 Å². The maximum Gasteiger partial charge on any atom is 0.271 e. The number of pyridine rings is 1. The van der Waals surface area contributed by atoms with E-state index in [0.717, 1.165) is 21.8 Å². The largest absolute Gasteiger partial charge is 0.347 e. The summed E-state index contributed by atoms with van der Waals surface area (Å²) < 4.78 is 15.0. The number of nitrogens with zero attached hydrogens (tertiary/aromatic N) is 5. The summed E-state index contributed by atoms with van der Waals surface area (Å²) in [5.74, 6) is 0.658. The van der Waals surface area contributed by atoms with Gasteiger partial charge in [0.15, 0.2) is 11.0 Å². The van der Waals surface area contributed by atoms with Gasteiger partial charge < -0.3 is 5.32 Å². The smallest absolute Gasteiger partial charge is 0.271 e. The van der Waals surface area contributed by atoms with Crippen molar-refractivity contribution in [2.75, 3.05) is 0 Å². The molecular weight excluding hydrogens is 483 g/mol. The van der Waals surface area contributed by atoms with Crippen LogP contribution >= 0.6 is 23.1 Å². The number of amides is 1. The first kappa shape index (κ1) is 22.9. The molecule has 1 amide bonds. The lowest BCUT2D eigenvalue weighted by atomic mass is 10.2. The number of halogens is 1. The molecule has 0 aliphatic carbocycles. The molecule has 0 aliphatic heterocycles. The molecule has 0 saturated heterocycles. The first-order chi connectivity index (χ1) is 17.2. The highest BCUT2D eigenvalue weighted by Gasteiger charge is 2.17. The first-order valence-corrected chi connectivity index (χ1v) is 12.5. The Morgan fingerprint density at radius 1 is 1.03 bits per heavy atom. The van der Waals surface area contributed by atoms with E-state index >= 15 is 0 Å². The normalized spacial score (nSPS) is 10.9. The van der Waals surface area contributed by atoms with Gasteiger partial charge >= 0.3 is 0 Å². The third kappa shape index (κ3) is 5.44. The third-order valence-corrected chi connectivity index (χ3v) is 7.01. The lowest BCUT2D eigenvalue weighted by molar-refractivity contribution is 0.0946. The number of carbonyl (C=O) groups excluding carboxylic acids is 1. The second-order valence-corrected chi connectivity index (χ2v) is 9.33. The average molecular weight is 503 g/mol. The summed E-state index contributed by atoms with van der Waals surface area (Å²) in [6, 6.07) is 19.7. The number of para-hydroxylation sites is 1. The molecule has 0 spiro atoms. The van der Waals surface area contributed by atoms with Crippen LogP contribution in [0.3, 0.4) is 0 Å². The first-order valence-electron chi connectivity index (χ1n) is 10.7. The van der Waals surface area contributed by atoms with Crippen LogP contribution in [-0.2, 0) is 12.3 Å². The molecule has 0 atom stereocenters. The van der Waals surface area contributed by atoms with E-state index in [-0.39, 0.29) is 11.7 Å². The Balaban J connectivity index is 1.29. The van der Waals surface area contributed by atoms with Crippen molar-refractivity contribution in [3.05, 3.63) is 107 Å². The van der Waals surface area contributed by atoms with Gasteiger partial charge in [-0.1, -0.05) is 42.1 Å². The van der Waals surface area contributed by atoms with Gasteiger partial charge in [-0.05, 0) is 42.0 Å². The van der Waals surface area contributed by atoms with Crippen molar-refractivity contribution in [3.8, 4) is 17.1 Å². The number of thiazole rings is 1. The predicted octanol–water partition coefficient (Wildman–Crippen LogP) is 5.15. The minimum absolute atomic E-state index is 0.270. The van der Waals surface area contributed by atoms with Crippen LogP contribution in [0.2, 0.25) is 0 Å². The fraction of sp³-hybridized carbons (Fsp3) is 0.0800. The lowest BCUT2D eigenvalue weighted by Crippen LogP contribution is -2.23. The van der Waals surface area contributed by atoms with Crippen LogP contribution in [0.15, 0.2) is 89.7 Å². The third-order valence-electron chi connectivity index (χ3n) is 5.04. The summed E-state index contributed by atoms with van der Waals surface area (Å²) in [6.07, 6.45) is 3.48. The van der Waals surface area contributed by atoms with Gasteiger partial charge in [-0.15, -0.1) is 21.5 Å². The van der Waals surface area contributed by atoms with Crippen molar-refractivity contribution in [1.82, 2.24) is 30.0 Å². The van der Waals surface area contributed by atoms with Crippen molar-refractivity contribution < 1.29 is 9.18 Å². The maximum atomic E-state index is 13.0. The van der Waals surface area contributed by atoms with E-state index in [2.05, 4.69) is 25.5 Å². The van der Waals surface area contributed by atoms with Gasteiger partial charge in [0.05, 0.1) is 5.75 Å². The molecule has 3 heterocycles. The summed E-state index contributed by atoms with van der Waals surface area (Å²) in [5.41, 5.74) is 2.98. The molecule has 5 aromatic rings. The highest BCUT2D eigenvalue weighted by molar-refractivity contribution is 7.98. The summed E-state index contributed by atoms with van der Waals surface area (Å²) in [5, 5.41) is 14.9. The number of hydrogen-bond donors (Lipinski definition) is 1. The molecule has 0 unspecified atom stereocenters. The van der Waals surface area contributed by atoms with Crippen LogP contribution in [0, 0.1) is 5.82 Å². The number of thioether (sulfide) groups is 1. The summed E-state index contributed by atoms with van der Waals surface area (Å²) in [6.45, 7) is 0.304. The summed E-state index contributed by atoms with van der Waals surface area (Å²) >= 11 is 2.91. The van der Waals surface area contributed by atoms with Crippen LogP contribution in [-0.4, -0.2) is 30.6 Å². The molecule has 35 heavy (non-hydrogen) atoms. The number of nitrogens with one attached hydrogen (secondary N) is 1. The molecule has 0 aliphatic rings. The van der Waals surface area contributed by atoms with Gasteiger partial charge in [-0.25, -0.2) is 9.37 Å². The molecule has 174 valence electrons. The number of aromatic nitrogens is 5. The summed E-state index contributed by atoms with van der Waals surface area (Å²) in [4.78, 5) is 21.2. The minimum Gasteiger partial charge on any atom is -0.347 e. The molecule has 5 rings (SSSR count). The SMILES string of the molecule is O=C(NCc1ccc(F)cc1)c1csc(CSc2nnc(-c3cccnc3)n2-c2ccccc2)n1. The zero-order valence-corrected chi connectivity index (χ0v) is 20.0.